The third kappa shape index (κ3) is 1.08. The summed E-state index contributed by atoms with van der Waals surface area (Å²) in [5, 5.41) is 0. The fourth-order valence-corrected chi connectivity index (χ4v) is 0.869. The van der Waals surface area contributed by atoms with Crippen LogP contribution in [0.15, 0.2) is 0 Å². The number of hydrogen-bond donors (Lipinski definition) is 3. The van der Waals surface area contributed by atoms with Crippen molar-refractivity contribution in [2.45, 2.75) is 6.92 Å². The highest BCUT2D eigenvalue weighted by Gasteiger charge is 1.96. The number of aromatic nitrogens is 2. The fraction of sp³-hybridized carbons (Fsp3) is 0.200. The van der Waals surface area contributed by atoms with Gasteiger partial charge in [-0.1, -0.05) is 12.2 Å². The first-order chi connectivity index (χ1) is 4.61. The zero-order valence-electron chi connectivity index (χ0n) is 5.51. The molecule has 0 radical (unpaired) electrons. The molecule has 0 saturated heterocycles. The van der Waals surface area contributed by atoms with E-state index in [0.29, 0.717) is 16.3 Å². The van der Waals surface area contributed by atoms with Crippen molar-refractivity contribution in [2.24, 2.45) is 0 Å². The van der Waals surface area contributed by atoms with E-state index in [9.17, 15) is 0 Å². The maximum Gasteiger partial charge on any atom is 0.199 e. The maximum atomic E-state index is 5.50. The van der Waals surface area contributed by atoms with Gasteiger partial charge in [-0.2, -0.15) is 0 Å². The minimum absolute atomic E-state index is 0.303. The number of anilines is 2. The van der Waals surface area contributed by atoms with Crippen molar-refractivity contribution in [1.82, 2.24) is 9.97 Å². The SMILES string of the molecule is Cc1[nH]c(N)nc(=S)c1N. The Hall–Kier alpha value is -1.10. The highest BCUT2D eigenvalue weighted by atomic mass is 32.1. The van der Waals surface area contributed by atoms with E-state index >= 15 is 0 Å². The molecule has 0 amide bonds. The van der Waals surface area contributed by atoms with Crippen LogP contribution in [0.1, 0.15) is 5.69 Å². The van der Waals surface area contributed by atoms with Crippen LogP contribution in [0.4, 0.5) is 11.6 Å². The highest BCUT2D eigenvalue weighted by Crippen LogP contribution is 2.08. The van der Waals surface area contributed by atoms with E-state index < -0.39 is 0 Å². The second-order valence-corrected chi connectivity index (χ2v) is 2.35. The highest BCUT2D eigenvalue weighted by molar-refractivity contribution is 7.71. The van der Waals surface area contributed by atoms with Crippen molar-refractivity contribution in [3.8, 4) is 0 Å². The normalized spacial score (nSPS) is 9.70. The maximum absolute atomic E-state index is 5.50. The Balaban J connectivity index is 3.46. The number of hydrogen-bond acceptors (Lipinski definition) is 4. The van der Waals surface area contributed by atoms with Crippen LogP contribution >= 0.6 is 12.2 Å². The molecule has 1 aromatic heterocycles. The van der Waals surface area contributed by atoms with E-state index in [1.165, 1.54) is 0 Å². The molecule has 1 heterocycles. The van der Waals surface area contributed by atoms with Gasteiger partial charge in [0.1, 0.15) is 0 Å². The lowest BCUT2D eigenvalue weighted by atomic mass is 10.4. The van der Waals surface area contributed by atoms with Gasteiger partial charge in [-0.25, -0.2) is 4.98 Å². The molecular weight excluding hydrogens is 148 g/mol. The number of aromatic amines is 1. The Kier molecular flexibility index (Phi) is 1.58. The molecule has 0 bridgehead atoms. The number of nitrogens with zero attached hydrogens (tertiary/aromatic N) is 1. The minimum Gasteiger partial charge on any atom is -0.395 e. The number of H-pyrrole nitrogens is 1. The van der Waals surface area contributed by atoms with Gasteiger partial charge in [-0.05, 0) is 6.92 Å². The van der Waals surface area contributed by atoms with Crippen LogP contribution in [0, 0.1) is 11.6 Å². The number of nitrogen functional groups attached to an aromatic ring is 2. The summed E-state index contributed by atoms with van der Waals surface area (Å²) in [4.78, 5) is 6.50. The van der Waals surface area contributed by atoms with Crippen molar-refractivity contribution in [2.75, 3.05) is 11.5 Å². The summed E-state index contributed by atoms with van der Waals surface area (Å²) in [5.74, 6) is 0.303. The fourth-order valence-electron chi connectivity index (χ4n) is 0.617. The van der Waals surface area contributed by atoms with Crippen molar-refractivity contribution in [1.29, 1.82) is 0 Å². The average Bonchev–Trinajstić information content (AvgIpc) is 1.82. The monoisotopic (exact) mass is 156 g/mol. The van der Waals surface area contributed by atoms with Crippen molar-refractivity contribution in [3.05, 3.63) is 10.3 Å². The summed E-state index contributed by atoms with van der Waals surface area (Å²) in [6.07, 6.45) is 0. The molecule has 0 aliphatic carbocycles. The first-order valence-corrected chi connectivity index (χ1v) is 3.14. The van der Waals surface area contributed by atoms with E-state index in [4.69, 9.17) is 23.7 Å². The summed E-state index contributed by atoms with van der Waals surface area (Å²) in [6, 6.07) is 0. The van der Waals surface area contributed by atoms with Crippen LogP contribution in [0.25, 0.3) is 0 Å². The molecule has 0 fully saturated rings. The molecule has 0 spiro atoms. The summed E-state index contributed by atoms with van der Waals surface area (Å²) in [7, 11) is 0. The molecule has 10 heavy (non-hydrogen) atoms. The van der Waals surface area contributed by atoms with Crippen molar-refractivity contribution >= 4 is 23.9 Å². The third-order valence-electron chi connectivity index (χ3n) is 1.17. The second-order valence-electron chi connectivity index (χ2n) is 1.97. The summed E-state index contributed by atoms with van der Waals surface area (Å²) >= 11 is 4.79. The first-order valence-electron chi connectivity index (χ1n) is 2.73. The lowest BCUT2D eigenvalue weighted by Gasteiger charge is -1.99. The van der Waals surface area contributed by atoms with Gasteiger partial charge in [-0.15, -0.1) is 0 Å². The molecule has 0 aliphatic heterocycles. The topological polar surface area (TPSA) is 80.7 Å². The van der Waals surface area contributed by atoms with Gasteiger partial charge < -0.3 is 16.5 Å². The average molecular weight is 156 g/mol. The first kappa shape index (κ1) is 7.01. The summed E-state index contributed by atoms with van der Waals surface area (Å²) in [6.45, 7) is 1.79. The van der Waals surface area contributed by atoms with Gasteiger partial charge in [-0.3, -0.25) is 0 Å². The van der Waals surface area contributed by atoms with Crippen molar-refractivity contribution < 1.29 is 0 Å². The molecule has 5 N–H and O–H groups in total. The molecule has 0 saturated carbocycles. The van der Waals surface area contributed by atoms with Gasteiger partial charge in [0.05, 0.1) is 5.69 Å². The smallest absolute Gasteiger partial charge is 0.199 e. The number of nitrogens with one attached hydrogen (secondary N) is 1. The van der Waals surface area contributed by atoms with Crippen LogP contribution in [-0.2, 0) is 0 Å². The quantitative estimate of drug-likeness (QED) is 0.481. The van der Waals surface area contributed by atoms with Crippen LogP contribution in [0.3, 0.4) is 0 Å². The van der Waals surface area contributed by atoms with Gasteiger partial charge in [0.25, 0.3) is 0 Å². The van der Waals surface area contributed by atoms with Gasteiger partial charge in [0, 0.05) is 5.69 Å². The zero-order chi connectivity index (χ0) is 7.72. The third-order valence-corrected chi connectivity index (χ3v) is 1.48. The van der Waals surface area contributed by atoms with E-state index in [1.807, 2.05) is 0 Å². The Bertz CT molecular complexity index is 303. The second kappa shape index (κ2) is 2.26. The Morgan fingerprint density at radius 1 is 1.50 bits per heavy atom. The standard InChI is InChI=1S/C5H8N4S/c1-2-3(6)4(10)9-5(7)8-2/h6H2,1H3,(H3,7,8,9,10). The predicted molar refractivity (Wildman–Crippen MR) is 43.0 cm³/mol. The van der Waals surface area contributed by atoms with Crippen molar-refractivity contribution in [3.63, 3.8) is 0 Å². The van der Waals surface area contributed by atoms with Crippen LogP contribution in [0.5, 0.6) is 0 Å². The van der Waals surface area contributed by atoms with E-state index in [-0.39, 0.29) is 0 Å². The molecule has 4 nitrogen and oxygen atoms in total. The molecule has 1 aromatic rings. The van der Waals surface area contributed by atoms with Gasteiger partial charge in [0.15, 0.2) is 10.6 Å². The minimum atomic E-state index is 0.303. The molecule has 5 heteroatoms. The lowest BCUT2D eigenvalue weighted by Crippen LogP contribution is -2.01. The van der Waals surface area contributed by atoms with Gasteiger partial charge >= 0.3 is 0 Å². The molecule has 0 atom stereocenters. The largest absolute Gasteiger partial charge is 0.395 e. The van der Waals surface area contributed by atoms with Crippen LogP contribution in [0.2, 0.25) is 0 Å². The summed E-state index contributed by atoms with van der Waals surface area (Å²) < 4.78 is 0.355. The molecular formula is C5H8N4S. The molecule has 0 aromatic carbocycles. The number of nitrogens with two attached hydrogens (primary N) is 2. The predicted octanol–water partition coefficient (Wildman–Crippen LogP) is 0.612. The van der Waals surface area contributed by atoms with Crippen LogP contribution < -0.4 is 11.5 Å². The Labute approximate surface area is 63.3 Å². The summed E-state index contributed by atoms with van der Waals surface area (Å²) in [5.41, 5.74) is 12.1. The van der Waals surface area contributed by atoms with E-state index in [1.54, 1.807) is 6.92 Å². The Morgan fingerprint density at radius 3 is 2.60 bits per heavy atom. The molecule has 1 rings (SSSR count). The number of rotatable bonds is 0. The number of aryl methyl sites for hydroxylation is 1. The molecule has 54 valence electrons. The molecule has 0 unspecified atom stereocenters. The van der Waals surface area contributed by atoms with Gasteiger partial charge in [0.2, 0.25) is 0 Å². The van der Waals surface area contributed by atoms with E-state index in [0.717, 1.165) is 5.69 Å². The van der Waals surface area contributed by atoms with Crippen LogP contribution in [-0.4, -0.2) is 9.97 Å². The molecule has 0 aliphatic rings. The zero-order valence-corrected chi connectivity index (χ0v) is 6.33. The van der Waals surface area contributed by atoms with E-state index in [2.05, 4.69) is 9.97 Å². The Morgan fingerprint density at radius 2 is 2.10 bits per heavy atom. The lowest BCUT2D eigenvalue weighted by molar-refractivity contribution is 1.11.